The number of imidazole rings is 1. The van der Waals surface area contributed by atoms with Gasteiger partial charge in [0.25, 0.3) is 0 Å². The highest BCUT2D eigenvalue weighted by Gasteiger charge is 2.22. The predicted octanol–water partition coefficient (Wildman–Crippen LogP) is 4.34. The monoisotopic (exact) mass is 404 g/mol. The Morgan fingerprint density at radius 1 is 1.13 bits per heavy atom. The van der Waals surface area contributed by atoms with Gasteiger partial charge in [-0.25, -0.2) is 9.78 Å². The highest BCUT2D eigenvalue weighted by molar-refractivity contribution is 5.88. The van der Waals surface area contributed by atoms with Crippen molar-refractivity contribution in [1.29, 1.82) is 0 Å². The number of fused-ring (bicyclic) bond motifs is 1. The van der Waals surface area contributed by atoms with Gasteiger partial charge >= 0.3 is 5.97 Å². The van der Waals surface area contributed by atoms with Crippen molar-refractivity contribution in [1.82, 2.24) is 30.2 Å². The Morgan fingerprint density at radius 3 is 2.63 bits per heavy atom. The SMILES string of the molecule is CC(C)CCCC(C(=O)O)n1cnc2cc(-c3ccccc3-c3nn[nH]n3)ccc21. The van der Waals surface area contributed by atoms with Crippen molar-refractivity contribution in [2.75, 3.05) is 0 Å². The fourth-order valence-corrected chi connectivity index (χ4v) is 3.75. The fraction of sp³-hybridized carbons (Fsp3) is 0.318. The van der Waals surface area contributed by atoms with Crippen LogP contribution in [-0.2, 0) is 4.79 Å². The summed E-state index contributed by atoms with van der Waals surface area (Å²) in [4.78, 5) is 16.4. The van der Waals surface area contributed by atoms with Crippen molar-refractivity contribution in [2.24, 2.45) is 5.92 Å². The quantitative estimate of drug-likeness (QED) is 0.452. The normalized spacial score (nSPS) is 12.5. The standard InChI is InChI=1S/C22H24N6O2/c1-14(2)6-5-9-20(22(29)30)28-13-23-18-12-15(10-11-19(18)28)16-7-3-4-8-17(16)21-24-26-27-25-21/h3-4,7-8,10-14,20H,5-6,9H2,1-2H3,(H,29,30)(H,24,25,26,27). The molecule has 4 aromatic rings. The molecular formula is C22H24N6O2. The highest BCUT2D eigenvalue weighted by atomic mass is 16.4. The first kappa shape index (κ1) is 19.8. The molecule has 8 nitrogen and oxygen atoms in total. The van der Waals surface area contributed by atoms with Crippen molar-refractivity contribution in [3.63, 3.8) is 0 Å². The summed E-state index contributed by atoms with van der Waals surface area (Å²) in [6, 6.07) is 13.1. The van der Waals surface area contributed by atoms with Gasteiger partial charge in [-0.2, -0.15) is 5.21 Å². The van der Waals surface area contributed by atoms with E-state index in [4.69, 9.17) is 0 Å². The van der Waals surface area contributed by atoms with Gasteiger partial charge in [0.1, 0.15) is 6.04 Å². The third-order valence-electron chi connectivity index (χ3n) is 5.28. The Kier molecular flexibility index (Phi) is 5.56. The summed E-state index contributed by atoms with van der Waals surface area (Å²) >= 11 is 0. The number of aliphatic carboxylic acids is 1. The molecule has 30 heavy (non-hydrogen) atoms. The van der Waals surface area contributed by atoms with Gasteiger partial charge in [0, 0.05) is 5.56 Å². The number of hydrogen-bond acceptors (Lipinski definition) is 5. The smallest absolute Gasteiger partial charge is 0.326 e. The zero-order valence-electron chi connectivity index (χ0n) is 17.0. The molecule has 0 aliphatic rings. The van der Waals surface area contributed by atoms with Crippen molar-refractivity contribution in [3.8, 4) is 22.5 Å². The van der Waals surface area contributed by atoms with E-state index in [-0.39, 0.29) is 0 Å². The number of tetrazole rings is 1. The van der Waals surface area contributed by atoms with Crippen LogP contribution in [0.15, 0.2) is 48.8 Å². The first-order valence-corrected chi connectivity index (χ1v) is 10.1. The van der Waals surface area contributed by atoms with E-state index >= 15 is 0 Å². The van der Waals surface area contributed by atoms with Crippen molar-refractivity contribution in [2.45, 2.75) is 39.2 Å². The number of aromatic nitrogens is 6. The number of benzene rings is 2. The van der Waals surface area contributed by atoms with Gasteiger partial charge in [0.05, 0.1) is 17.4 Å². The number of nitrogens with one attached hydrogen (secondary N) is 1. The topological polar surface area (TPSA) is 110 Å². The number of nitrogens with zero attached hydrogens (tertiary/aromatic N) is 5. The third kappa shape index (κ3) is 3.94. The molecule has 154 valence electrons. The van der Waals surface area contributed by atoms with Crippen molar-refractivity contribution in [3.05, 3.63) is 48.8 Å². The van der Waals surface area contributed by atoms with Crippen LogP contribution < -0.4 is 0 Å². The van der Waals surface area contributed by atoms with Crippen LogP contribution in [0.25, 0.3) is 33.5 Å². The highest BCUT2D eigenvalue weighted by Crippen LogP contribution is 2.32. The molecular weight excluding hydrogens is 380 g/mol. The summed E-state index contributed by atoms with van der Waals surface area (Å²) < 4.78 is 1.77. The minimum absolute atomic E-state index is 0.521. The second-order valence-corrected chi connectivity index (χ2v) is 7.82. The van der Waals surface area contributed by atoms with Crippen LogP contribution in [-0.4, -0.2) is 41.3 Å². The van der Waals surface area contributed by atoms with Crippen LogP contribution in [0.2, 0.25) is 0 Å². The van der Waals surface area contributed by atoms with E-state index in [1.54, 1.807) is 10.9 Å². The Balaban J connectivity index is 1.69. The maximum atomic E-state index is 11.9. The average Bonchev–Trinajstić information content (AvgIpc) is 3.40. The number of hydrogen-bond donors (Lipinski definition) is 2. The maximum Gasteiger partial charge on any atom is 0.326 e. The van der Waals surface area contributed by atoms with Gasteiger partial charge in [-0.1, -0.05) is 57.0 Å². The van der Waals surface area contributed by atoms with E-state index in [0.717, 1.165) is 40.6 Å². The molecule has 0 radical (unpaired) electrons. The molecule has 4 rings (SSSR count). The Hall–Kier alpha value is -3.55. The van der Waals surface area contributed by atoms with Crippen molar-refractivity contribution < 1.29 is 9.90 Å². The van der Waals surface area contributed by atoms with Crippen LogP contribution >= 0.6 is 0 Å². The molecule has 0 amide bonds. The summed E-state index contributed by atoms with van der Waals surface area (Å²) in [6.45, 7) is 4.30. The minimum atomic E-state index is -0.829. The number of carboxylic acids is 1. The molecule has 1 atom stereocenters. The molecule has 0 aliphatic heterocycles. The zero-order valence-corrected chi connectivity index (χ0v) is 17.0. The second kappa shape index (κ2) is 8.44. The molecule has 1 unspecified atom stereocenters. The van der Waals surface area contributed by atoms with E-state index in [1.807, 2.05) is 42.5 Å². The maximum absolute atomic E-state index is 11.9. The number of carbonyl (C=O) groups is 1. The molecule has 2 heterocycles. The Morgan fingerprint density at radius 2 is 1.93 bits per heavy atom. The van der Waals surface area contributed by atoms with Crippen LogP contribution in [0.3, 0.4) is 0 Å². The van der Waals surface area contributed by atoms with Crippen LogP contribution in [0.1, 0.15) is 39.2 Å². The van der Waals surface area contributed by atoms with Crippen molar-refractivity contribution >= 4 is 17.0 Å². The molecule has 0 saturated carbocycles. The van der Waals surface area contributed by atoms with E-state index < -0.39 is 12.0 Å². The van der Waals surface area contributed by atoms with Gasteiger partial charge in [0.2, 0.25) is 5.82 Å². The lowest BCUT2D eigenvalue weighted by atomic mass is 9.98. The van der Waals surface area contributed by atoms with Gasteiger partial charge in [-0.05, 0) is 40.8 Å². The number of aromatic amines is 1. The number of H-pyrrole nitrogens is 1. The van der Waals surface area contributed by atoms with Crippen LogP contribution in [0, 0.1) is 5.92 Å². The Labute approximate surface area is 174 Å². The summed E-state index contributed by atoms with van der Waals surface area (Å²) in [5.41, 5.74) is 4.35. The lowest BCUT2D eigenvalue weighted by molar-refractivity contribution is -0.141. The molecule has 0 bridgehead atoms. The first-order chi connectivity index (χ1) is 14.5. The lowest BCUT2D eigenvalue weighted by Gasteiger charge is -2.16. The summed E-state index contributed by atoms with van der Waals surface area (Å²) in [5, 5.41) is 24.1. The van der Waals surface area contributed by atoms with Crippen LogP contribution in [0.4, 0.5) is 0 Å². The van der Waals surface area contributed by atoms with Gasteiger partial charge in [-0.15, -0.1) is 10.2 Å². The summed E-state index contributed by atoms with van der Waals surface area (Å²) in [6.07, 6.45) is 4.09. The molecule has 0 saturated heterocycles. The van der Waals surface area contributed by atoms with E-state index in [0.29, 0.717) is 18.2 Å². The first-order valence-electron chi connectivity index (χ1n) is 10.1. The third-order valence-corrected chi connectivity index (χ3v) is 5.28. The van der Waals surface area contributed by atoms with E-state index in [2.05, 4.69) is 39.5 Å². The second-order valence-electron chi connectivity index (χ2n) is 7.82. The zero-order chi connectivity index (χ0) is 21.1. The van der Waals surface area contributed by atoms with Gasteiger partial charge in [-0.3, -0.25) is 0 Å². The average molecular weight is 404 g/mol. The fourth-order valence-electron chi connectivity index (χ4n) is 3.75. The molecule has 2 aromatic heterocycles. The summed E-state index contributed by atoms with van der Waals surface area (Å²) in [7, 11) is 0. The van der Waals surface area contributed by atoms with E-state index in [9.17, 15) is 9.90 Å². The van der Waals surface area contributed by atoms with Gasteiger partial charge < -0.3 is 9.67 Å². The largest absolute Gasteiger partial charge is 0.480 e. The van der Waals surface area contributed by atoms with Crippen LogP contribution in [0.5, 0.6) is 0 Å². The summed E-state index contributed by atoms with van der Waals surface area (Å²) in [5.74, 6) is 0.248. The number of carboxylic acid groups (broad SMARTS) is 1. The molecule has 0 spiro atoms. The van der Waals surface area contributed by atoms with E-state index in [1.165, 1.54) is 0 Å². The number of rotatable bonds is 8. The predicted molar refractivity (Wildman–Crippen MR) is 114 cm³/mol. The molecule has 2 N–H and O–H groups in total. The molecule has 0 aliphatic carbocycles. The minimum Gasteiger partial charge on any atom is -0.480 e. The molecule has 2 aromatic carbocycles. The lowest BCUT2D eigenvalue weighted by Crippen LogP contribution is -2.18. The molecule has 8 heteroatoms. The van der Waals surface area contributed by atoms with Gasteiger partial charge in [0.15, 0.2) is 0 Å². The Bertz CT molecular complexity index is 1150. The molecule has 0 fully saturated rings.